The van der Waals surface area contributed by atoms with Gasteiger partial charge < -0.3 is 20.9 Å². The highest BCUT2D eigenvalue weighted by molar-refractivity contribution is 5.85. The van der Waals surface area contributed by atoms with Gasteiger partial charge in [0.25, 0.3) is 0 Å². The Labute approximate surface area is 76.7 Å². The molecule has 0 unspecified atom stereocenters. The van der Waals surface area contributed by atoms with Crippen LogP contribution in [-0.2, 0) is 4.74 Å². The minimum atomic E-state index is -0.787. The van der Waals surface area contributed by atoms with Gasteiger partial charge in [-0.25, -0.2) is 4.79 Å². The first kappa shape index (κ1) is 11.5. The number of nitrogens with two attached hydrogens (primary N) is 1. The molecule has 0 aromatic heterocycles. The second kappa shape index (κ2) is 4.49. The van der Waals surface area contributed by atoms with Crippen LogP contribution in [0.5, 0.6) is 0 Å². The van der Waals surface area contributed by atoms with Gasteiger partial charge in [-0.1, -0.05) is 0 Å². The molecule has 4 N–H and O–H groups in total. The number of nitrogens with one attached hydrogen (secondary N) is 1. The Balaban J connectivity index is 0.00000121. The van der Waals surface area contributed by atoms with Gasteiger partial charge in [0, 0.05) is 13.1 Å². The number of halogens is 1. The monoisotopic (exact) mass is 196 g/mol. The Bertz CT molecular complexity index is 155. The summed E-state index contributed by atoms with van der Waals surface area (Å²) in [6.45, 7) is 1.58. The van der Waals surface area contributed by atoms with Gasteiger partial charge in [0.2, 0.25) is 0 Å². The molecule has 12 heavy (non-hydrogen) atoms. The molecule has 0 saturated carbocycles. The highest BCUT2D eigenvalue weighted by Gasteiger charge is 2.37. The molecule has 1 saturated heterocycles. The van der Waals surface area contributed by atoms with Crippen LogP contribution in [0.3, 0.4) is 0 Å². The van der Waals surface area contributed by atoms with Crippen molar-refractivity contribution in [3.05, 3.63) is 0 Å². The number of carbonyl (C=O) groups is 1. The summed E-state index contributed by atoms with van der Waals surface area (Å²) in [5.41, 5.74) is 4.49. The molecule has 0 spiro atoms. The standard InChI is InChI=1S/C6H12N2O3.ClH/c7-5(10)11-4-6(3-9)1-8-2-6;/h8-9H,1-4H2,(H2,7,10);1H. The summed E-state index contributed by atoms with van der Waals surface area (Å²) in [4.78, 5) is 10.2. The second-order valence-electron chi connectivity index (χ2n) is 2.87. The Morgan fingerprint density at radius 3 is 2.50 bits per heavy atom. The van der Waals surface area contributed by atoms with Gasteiger partial charge in [0.1, 0.15) is 6.61 Å². The number of amides is 1. The molecule has 72 valence electrons. The fraction of sp³-hybridized carbons (Fsp3) is 0.833. The van der Waals surface area contributed by atoms with E-state index in [9.17, 15) is 4.79 Å². The lowest BCUT2D eigenvalue weighted by Gasteiger charge is -2.39. The van der Waals surface area contributed by atoms with Crippen molar-refractivity contribution >= 4 is 18.5 Å². The predicted molar refractivity (Wildman–Crippen MR) is 45.2 cm³/mol. The molecule has 1 fully saturated rings. The molecule has 0 aromatic rings. The molecule has 0 atom stereocenters. The molecule has 0 aliphatic carbocycles. The van der Waals surface area contributed by atoms with Crippen LogP contribution in [0.15, 0.2) is 0 Å². The number of hydrogen-bond donors (Lipinski definition) is 3. The van der Waals surface area contributed by atoms with Crippen LogP contribution in [-0.4, -0.2) is 37.5 Å². The fourth-order valence-electron chi connectivity index (χ4n) is 0.962. The Hall–Kier alpha value is -0.520. The second-order valence-corrected chi connectivity index (χ2v) is 2.87. The molecule has 1 aliphatic heterocycles. The van der Waals surface area contributed by atoms with E-state index in [1.807, 2.05) is 0 Å². The number of aliphatic hydroxyl groups excluding tert-OH is 1. The fourth-order valence-corrected chi connectivity index (χ4v) is 0.962. The van der Waals surface area contributed by atoms with Crippen molar-refractivity contribution < 1.29 is 14.6 Å². The van der Waals surface area contributed by atoms with Crippen LogP contribution < -0.4 is 11.1 Å². The molecule has 6 heteroatoms. The molecule has 5 nitrogen and oxygen atoms in total. The lowest BCUT2D eigenvalue weighted by atomic mass is 9.84. The molecular weight excluding hydrogens is 184 g/mol. The van der Waals surface area contributed by atoms with Crippen LogP contribution in [0, 0.1) is 5.41 Å². The zero-order chi connectivity index (χ0) is 8.32. The van der Waals surface area contributed by atoms with Crippen LogP contribution in [0.1, 0.15) is 0 Å². The van der Waals surface area contributed by atoms with E-state index in [0.29, 0.717) is 13.1 Å². The highest BCUT2D eigenvalue weighted by atomic mass is 35.5. The summed E-state index contributed by atoms with van der Waals surface area (Å²) >= 11 is 0. The third kappa shape index (κ3) is 2.51. The van der Waals surface area contributed by atoms with Gasteiger partial charge >= 0.3 is 6.09 Å². The first-order chi connectivity index (χ1) is 5.18. The molecule has 1 amide bonds. The quantitative estimate of drug-likeness (QED) is 0.546. The topological polar surface area (TPSA) is 84.6 Å². The maximum Gasteiger partial charge on any atom is 0.404 e. The van der Waals surface area contributed by atoms with Gasteiger partial charge in [-0.2, -0.15) is 0 Å². The average Bonchev–Trinajstić information content (AvgIpc) is 1.86. The maximum absolute atomic E-state index is 10.2. The minimum Gasteiger partial charge on any atom is -0.449 e. The molecule has 0 bridgehead atoms. The molecule has 1 heterocycles. The van der Waals surface area contributed by atoms with E-state index in [1.54, 1.807) is 0 Å². The number of aliphatic hydroxyl groups is 1. The zero-order valence-electron chi connectivity index (χ0n) is 6.58. The van der Waals surface area contributed by atoms with Gasteiger partial charge in [-0.15, -0.1) is 12.4 Å². The summed E-state index contributed by atoms with van der Waals surface area (Å²) in [5.74, 6) is 0. The molecule has 1 aliphatic rings. The third-order valence-electron chi connectivity index (χ3n) is 1.86. The van der Waals surface area contributed by atoms with Crippen molar-refractivity contribution in [1.29, 1.82) is 0 Å². The van der Waals surface area contributed by atoms with Gasteiger partial charge in [-0.3, -0.25) is 0 Å². The van der Waals surface area contributed by atoms with Gasteiger partial charge in [-0.05, 0) is 0 Å². The summed E-state index contributed by atoms with van der Waals surface area (Å²) in [7, 11) is 0. The highest BCUT2D eigenvalue weighted by Crippen LogP contribution is 2.21. The number of primary amides is 1. The molecular formula is C6H13ClN2O3. The number of rotatable bonds is 3. The number of ether oxygens (including phenoxy) is 1. The van der Waals surface area contributed by atoms with Crippen LogP contribution >= 0.6 is 12.4 Å². The average molecular weight is 197 g/mol. The molecule has 1 rings (SSSR count). The predicted octanol–water partition coefficient (Wildman–Crippen LogP) is -0.915. The normalized spacial score (nSPS) is 18.8. The SMILES string of the molecule is Cl.NC(=O)OCC1(CO)CNC1. The third-order valence-corrected chi connectivity index (χ3v) is 1.86. The first-order valence-electron chi connectivity index (χ1n) is 3.42. The van der Waals surface area contributed by atoms with Crippen molar-refractivity contribution in [2.45, 2.75) is 0 Å². The summed E-state index contributed by atoms with van der Waals surface area (Å²) in [5, 5.41) is 11.9. The largest absolute Gasteiger partial charge is 0.449 e. The van der Waals surface area contributed by atoms with E-state index >= 15 is 0 Å². The summed E-state index contributed by atoms with van der Waals surface area (Å²) in [6, 6.07) is 0. The maximum atomic E-state index is 10.2. The smallest absolute Gasteiger partial charge is 0.404 e. The van der Waals surface area contributed by atoms with E-state index in [4.69, 9.17) is 10.8 Å². The lowest BCUT2D eigenvalue weighted by molar-refractivity contribution is 0.00400. The number of hydrogen-bond acceptors (Lipinski definition) is 4. The van der Waals surface area contributed by atoms with E-state index in [1.165, 1.54) is 0 Å². The molecule has 0 aromatic carbocycles. The van der Waals surface area contributed by atoms with Crippen molar-refractivity contribution in [2.24, 2.45) is 11.1 Å². The van der Waals surface area contributed by atoms with E-state index < -0.39 is 6.09 Å². The Kier molecular flexibility index (Phi) is 4.30. The van der Waals surface area contributed by atoms with Crippen molar-refractivity contribution in [3.8, 4) is 0 Å². The van der Waals surface area contributed by atoms with E-state index in [0.717, 1.165) is 0 Å². The Morgan fingerprint density at radius 2 is 2.25 bits per heavy atom. The van der Waals surface area contributed by atoms with Crippen molar-refractivity contribution in [1.82, 2.24) is 5.32 Å². The van der Waals surface area contributed by atoms with Crippen molar-refractivity contribution in [2.75, 3.05) is 26.3 Å². The van der Waals surface area contributed by atoms with E-state index in [-0.39, 0.29) is 31.0 Å². The van der Waals surface area contributed by atoms with Crippen LogP contribution in [0.4, 0.5) is 4.79 Å². The zero-order valence-corrected chi connectivity index (χ0v) is 7.39. The van der Waals surface area contributed by atoms with Crippen LogP contribution in [0.2, 0.25) is 0 Å². The van der Waals surface area contributed by atoms with E-state index in [2.05, 4.69) is 10.1 Å². The van der Waals surface area contributed by atoms with Crippen LogP contribution in [0.25, 0.3) is 0 Å². The summed E-state index contributed by atoms with van der Waals surface area (Å²) < 4.78 is 4.58. The first-order valence-corrected chi connectivity index (χ1v) is 3.42. The van der Waals surface area contributed by atoms with Gasteiger partial charge in [0.05, 0.1) is 12.0 Å². The number of carbonyl (C=O) groups excluding carboxylic acids is 1. The molecule has 0 radical (unpaired) electrons. The minimum absolute atomic E-state index is 0. The lowest BCUT2D eigenvalue weighted by Crippen LogP contribution is -2.58. The van der Waals surface area contributed by atoms with Gasteiger partial charge in [0.15, 0.2) is 0 Å². The Morgan fingerprint density at radius 1 is 1.67 bits per heavy atom. The van der Waals surface area contributed by atoms with Crippen molar-refractivity contribution in [3.63, 3.8) is 0 Å². The summed E-state index contributed by atoms with van der Waals surface area (Å²) in [6.07, 6.45) is -0.787.